The summed E-state index contributed by atoms with van der Waals surface area (Å²) in [4.78, 5) is 11.3. The van der Waals surface area contributed by atoms with Crippen molar-refractivity contribution < 1.29 is 17.9 Å². The van der Waals surface area contributed by atoms with E-state index in [1.807, 2.05) is 0 Å². The zero-order valence-corrected chi connectivity index (χ0v) is 10.4. The molecule has 0 heterocycles. The van der Waals surface area contributed by atoms with Gasteiger partial charge in [0.1, 0.15) is 5.75 Å². The average molecular weight is 255 g/mol. The van der Waals surface area contributed by atoms with E-state index in [1.165, 1.54) is 38.2 Å². The minimum atomic E-state index is -3.47. The Morgan fingerprint density at radius 2 is 1.82 bits per heavy atom. The van der Waals surface area contributed by atoms with Gasteiger partial charge in [-0.2, -0.15) is 0 Å². The van der Waals surface area contributed by atoms with Crippen molar-refractivity contribution in [1.29, 1.82) is 0 Å². The van der Waals surface area contributed by atoms with Crippen LogP contribution < -0.4 is 9.46 Å². The lowest BCUT2D eigenvalue weighted by Crippen LogP contribution is -2.18. The zero-order chi connectivity index (χ0) is 13.1. The van der Waals surface area contributed by atoms with Gasteiger partial charge in [0.05, 0.1) is 4.90 Å². The molecule has 0 saturated carbocycles. The van der Waals surface area contributed by atoms with Gasteiger partial charge in [0, 0.05) is 5.57 Å². The molecule has 0 radical (unpaired) electrons. The van der Waals surface area contributed by atoms with Gasteiger partial charge in [0.2, 0.25) is 10.0 Å². The van der Waals surface area contributed by atoms with Crippen LogP contribution in [0.5, 0.6) is 5.75 Å². The zero-order valence-electron chi connectivity index (χ0n) is 9.56. The van der Waals surface area contributed by atoms with Gasteiger partial charge in [-0.3, -0.25) is 0 Å². The van der Waals surface area contributed by atoms with Crippen LogP contribution in [-0.4, -0.2) is 21.4 Å². The molecule has 1 N–H and O–H groups in total. The first-order valence-electron chi connectivity index (χ1n) is 4.78. The van der Waals surface area contributed by atoms with E-state index < -0.39 is 16.0 Å². The maximum Gasteiger partial charge on any atom is 0.338 e. The van der Waals surface area contributed by atoms with Crippen molar-refractivity contribution in [1.82, 2.24) is 4.72 Å². The maximum absolute atomic E-state index is 11.4. The summed E-state index contributed by atoms with van der Waals surface area (Å²) in [5, 5.41) is 0. The lowest BCUT2D eigenvalue weighted by Gasteiger charge is -2.05. The Hall–Kier alpha value is -1.66. The van der Waals surface area contributed by atoms with Gasteiger partial charge in [0.25, 0.3) is 0 Å². The molecule has 0 atom stereocenters. The molecule has 6 heteroatoms. The van der Waals surface area contributed by atoms with E-state index in [2.05, 4.69) is 11.3 Å². The molecule has 5 nitrogen and oxygen atoms in total. The van der Waals surface area contributed by atoms with Crippen molar-refractivity contribution in [3.05, 3.63) is 36.4 Å². The number of esters is 1. The van der Waals surface area contributed by atoms with E-state index in [-0.39, 0.29) is 16.2 Å². The first-order chi connectivity index (χ1) is 7.86. The summed E-state index contributed by atoms with van der Waals surface area (Å²) >= 11 is 0. The Balaban J connectivity index is 2.90. The van der Waals surface area contributed by atoms with Crippen LogP contribution in [0.2, 0.25) is 0 Å². The lowest BCUT2D eigenvalue weighted by molar-refractivity contribution is -0.130. The van der Waals surface area contributed by atoms with E-state index in [1.54, 1.807) is 0 Å². The molecule has 17 heavy (non-hydrogen) atoms. The van der Waals surface area contributed by atoms with E-state index in [0.717, 1.165) is 0 Å². The highest BCUT2D eigenvalue weighted by atomic mass is 32.2. The number of hydrogen-bond acceptors (Lipinski definition) is 4. The highest BCUT2D eigenvalue weighted by molar-refractivity contribution is 7.89. The van der Waals surface area contributed by atoms with Crippen LogP contribution in [0.4, 0.5) is 0 Å². The van der Waals surface area contributed by atoms with Gasteiger partial charge >= 0.3 is 5.97 Å². The molecule has 0 fully saturated rings. The normalized spacial score (nSPS) is 10.9. The van der Waals surface area contributed by atoms with Crippen molar-refractivity contribution in [3.8, 4) is 5.75 Å². The SMILES string of the molecule is C=C(C)C(=O)Oc1ccc(S(=O)(=O)NC)cc1. The molecule has 0 unspecified atom stereocenters. The summed E-state index contributed by atoms with van der Waals surface area (Å²) in [7, 11) is -2.14. The third-order valence-corrected chi connectivity index (χ3v) is 3.39. The molecular formula is C11H13NO4S. The van der Waals surface area contributed by atoms with Crippen LogP contribution in [-0.2, 0) is 14.8 Å². The predicted molar refractivity (Wildman–Crippen MR) is 63.1 cm³/mol. The Labute approximate surface area is 100 Å². The fourth-order valence-corrected chi connectivity index (χ4v) is 1.73. The van der Waals surface area contributed by atoms with Gasteiger partial charge in [-0.15, -0.1) is 0 Å². The van der Waals surface area contributed by atoms with Crippen molar-refractivity contribution in [2.24, 2.45) is 0 Å². The molecule has 1 aromatic rings. The van der Waals surface area contributed by atoms with Gasteiger partial charge in [-0.1, -0.05) is 6.58 Å². The van der Waals surface area contributed by atoms with Gasteiger partial charge in [-0.25, -0.2) is 17.9 Å². The summed E-state index contributed by atoms with van der Waals surface area (Å²) in [6.07, 6.45) is 0. The molecule has 0 spiro atoms. The smallest absolute Gasteiger partial charge is 0.338 e. The molecule has 0 aliphatic rings. The van der Waals surface area contributed by atoms with Crippen molar-refractivity contribution in [3.63, 3.8) is 0 Å². The molecular weight excluding hydrogens is 242 g/mol. The topological polar surface area (TPSA) is 72.5 Å². The Morgan fingerprint density at radius 3 is 2.24 bits per heavy atom. The Bertz CT molecular complexity index is 531. The average Bonchev–Trinajstić information content (AvgIpc) is 2.29. The van der Waals surface area contributed by atoms with Gasteiger partial charge in [-0.05, 0) is 38.2 Å². The molecule has 92 valence electrons. The monoisotopic (exact) mass is 255 g/mol. The maximum atomic E-state index is 11.4. The van der Waals surface area contributed by atoms with Crippen molar-refractivity contribution >= 4 is 16.0 Å². The van der Waals surface area contributed by atoms with Crippen LogP contribution in [0.3, 0.4) is 0 Å². The molecule has 0 amide bonds. The van der Waals surface area contributed by atoms with E-state index >= 15 is 0 Å². The van der Waals surface area contributed by atoms with Crippen LogP contribution in [0, 0.1) is 0 Å². The van der Waals surface area contributed by atoms with Crippen molar-refractivity contribution in [2.45, 2.75) is 11.8 Å². The minimum Gasteiger partial charge on any atom is -0.423 e. The fourth-order valence-electron chi connectivity index (χ4n) is 0.999. The van der Waals surface area contributed by atoms with Crippen molar-refractivity contribution in [2.75, 3.05) is 7.05 Å². The van der Waals surface area contributed by atoms with Crippen LogP contribution in [0.15, 0.2) is 41.3 Å². The second-order valence-corrected chi connectivity index (χ2v) is 5.24. The molecule has 1 rings (SSSR count). The van der Waals surface area contributed by atoms with Crippen LogP contribution in [0.25, 0.3) is 0 Å². The predicted octanol–water partition coefficient (Wildman–Crippen LogP) is 1.08. The van der Waals surface area contributed by atoms with Gasteiger partial charge < -0.3 is 4.74 Å². The number of rotatable bonds is 4. The Kier molecular flexibility index (Phi) is 4.03. The number of nitrogens with one attached hydrogen (secondary N) is 1. The number of carbonyl (C=O) groups excluding carboxylic acids is 1. The standard InChI is InChI=1S/C11H13NO4S/c1-8(2)11(13)16-9-4-6-10(7-5-9)17(14,15)12-3/h4-7,12H,1H2,2-3H3. The van der Waals surface area contributed by atoms with E-state index in [9.17, 15) is 13.2 Å². The number of sulfonamides is 1. The van der Waals surface area contributed by atoms with E-state index in [0.29, 0.717) is 0 Å². The fraction of sp³-hybridized carbons (Fsp3) is 0.182. The van der Waals surface area contributed by atoms with Gasteiger partial charge in [0.15, 0.2) is 0 Å². The van der Waals surface area contributed by atoms with Crippen LogP contribution >= 0.6 is 0 Å². The summed E-state index contributed by atoms with van der Waals surface area (Å²) < 4.78 is 29.9. The third kappa shape index (κ3) is 3.40. The summed E-state index contributed by atoms with van der Waals surface area (Å²) in [5.74, 6) is -0.276. The molecule has 0 aliphatic carbocycles. The summed E-state index contributed by atoms with van der Waals surface area (Å²) in [6, 6.07) is 5.52. The number of hydrogen-bond donors (Lipinski definition) is 1. The summed E-state index contributed by atoms with van der Waals surface area (Å²) in [5.41, 5.74) is 0.275. The highest BCUT2D eigenvalue weighted by Gasteiger charge is 2.11. The first kappa shape index (κ1) is 13.4. The molecule has 0 saturated heterocycles. The quantitative estimate of drug-likeness (QED) is 0.496. The van der Waals surface area contributed by atoms with Crippen LogP contribution in [0.1, 0.15) is 6.92 Å². The summed E-state index contributed by atoms with van der Waals surface area (Å²) in [6.45, 7) is 4.97. The third-order valence-electron chi connectivity index (χ3n) is 1.96. The molecule has 1 aromatic carbocycles. The lowest BCUT2D eigenvalue weighted by atomic mass is 10.3. The molecule has 0 aliphatic heterocycles. The number of ether oxygens (including phenoxy) is 1. The minimum absolute atomic E-state index is 0.107. The number of benzene rings is 1. The molecule has 0 bridgehead atoms. The second kappa shape index (κ2) is 5.11. The number of carbonyl (C=O) groups is 1. The second-order valence-electron chi connectivity index (χ2n) is 3.35. The first-order valence-corrected chi connectivity index (χ1v) is 6.26. The molecule has 0 aromatic heterocycles. The largest absolute Gasteiger partial charge is 0.423 e. The Morgan fingerprint density at radius 1 is 1.29 bits per heavy atom. The highest BCUT2D eigenvalue weighted by Crippen LogP contribution is 2.16. The van der Waals surface area contributed by atoms with E-state index in [4.69, 9.17) is 4.74 Å².